The summed E-state index contributed by atoms with van der Waals surface area (Å²) in [6.45, 7) is 4.29. The highest BCUT2D eigenvalue weighted by Crippen LogP contribution is 2.53. The summed E-state index contributed by atoms with van der Waals surface area (Å²) in [4.78, 5) is 28.6. The van der Waals surface area contributed by atoms with Crippen LogP contribution < -0.4 is 15.8 Å². The highest BCUT2D eigenvalue weighted by Gasteiger charge is 2.48. The molecule has 2 heterocycles. The molecule has 222 valence electrons. The minimum Gasteiger partial charge on any atom is -0.477 e. The fourth-order valence-corrected chi connectivity index (χ4v) is 8.42. The summed E-state index contributed by atoms with van der Waals surface area (Å²) in [7, 11) is 0. The van der Waals surface area contributed by atoms with Crippen LogP contribution in [0, 0.1) is 29.6 Å². The summed E-state index contributed by atoms with van der Waals surface area (Å²) < 4.78 is 8.16. The molecular formula is C31H48ClN5O3. The first kappa shape index (κ1) is 29.4. The summed E-state index contributed by atoms with van der Waals surface area (Å²) in [6.07, 6.45) is 17.9. The van der Waals surface area contributed by atoms with Crippen molar-refractivity contribution < 1.29 is 14.3 Å². The molecule has 3 N–H and O–H groups in total. The monoisotopic (exact) mass is 573 g/mol. The maximum absolute atomic E-state index is 13.7. The highest BCUT2D eigenvalue weighted by atomic mass is 35.5. The minimum atomic E-state index is -0.0567. The molecule has 9 heteroatoms. The second-order valence-corrected chi connectivity index (χ2v) is 13.3. The van der Waals surface area contributed by atoms with Crippen LogP contribution in [-0.4, -0.2) is 58.3 Å². The number of ether oxygens (including phenoxy) is 1. The van der Waals surface area contributed by atoms with E-state index in [4.69, 9.17) is 10.5 Å². The molecule has 1 saturated heterocycles. The molecule has 6 aliphatic rings. The molecule has 7 rings (SSSR count). The van der Waals surface area contributed by atoms with Crippen LogP contribution in [0.4, 0.5) is 0 Å². The molecule has 4 bridgehead atoms. The quantitative estimate of drug-likeness (QED) is 0.438. The van der Waals surface area contributed by atoms with Crippen molar-refractivity contribution in [1.82, 2.24) is 20.0 Å². The third kappa shape index (κ3) is 6.38. The van der Waals surface area contributed by atoms with E-state index in [1.165, 1.54) is 64.2 Å². The number of amides is 2. The Kier molecular flexibility index (Phi) is 9.45. The number of halogens is 1. The Labute approximate surface area is 245 Å². The molecule has 5 saturated carbocycles. The number of aromatic nitrogens is 2. The summed E-state index contributed by atoms with van der Waals surface area (Å²) >= 11 is 0. The average Bonchev–Trinajstić information content (AvgIpc) is 3.35. The Morgan fingerprint density at radius 1 is 1.02 bits per heavy atom. The van der Waals surface area contributed by atoms with Gasteiger partial charge in [-0.2, -0.15) is 5.10 Å². The number of likely N-dealkylation sites (tertiary alicyclic amines) is 1. The van der Waals surface area contributed by atoms with Crippen molar-refractivity contribution in [2.45, 2.75) is 103 Å². The number of carbonyl (C=O) groups is 2. The number of rotatable bonds is 8. The van der Waals surface area contributed by atoms with Gasteiger partial charge in [-0.15, -0.1) is 12.4 Å². The van der Waals surface area contributed by atoms with Gasteiger partial charge in [0, 0.05) is 30.7 Å². The van der Waals surface area contributed by atoms with Gasteiger partial charge in [0.1, 0.15) is 5.56 Å². The number of hydrogen-bond acceptors (Lipinski definition) is 5. The van der Waals surface area contributed by atoms with Gasteiger partial charge in [0.2, 0.25) is 11.8 Å². The second kappa shape index (κ2) is 12.8. The molecule has 0 radical (unpaired) electrons. The molecule has 1 aliphatic heterocycles. The molecule has 0 spiro atoms. The Balaban J connectivity index is 0.00000323. The van der Waals surface area contributed by atoms with Crippen LogP contribution in [0.3, 0.4) is 0 Å². The van der Waals surface area contributed by atoms with E-state index in [1.807, 2.05) is 17.9 Å². The van der Waals surface area contributed by atoms with Crippen molar-refractivity contribution in [3.8, 4) is 5.88 Å². The molecule has 40 heavy (non-hydrogen) atoms. The van der Waals surface area contributed by atoms with Crippen LogP contribution in [0.2, 0.25) is 0 Å². The fourth-order valence-electron chi connectivity index (χ4n) is 8.42. The summed E-state index contributed by atoms with van der Waals surface area (Å²) in [6, 6.07) is 0.465. The molecule has 8 nitrogen and oxygen atoms in total. The van der Waals surface area contributed by atoms with Crippen molar-refractivity contribution >= 4 is 24.2 Å². The van der Waals surface area contributed by atoms with Gasteiger partial charge in [-0.25, -0.2) is 4.68 Å². The van der Waals surface area contributed by atoms with Crippen LogP contribution in [0.15, 0.2) is 17.8 Å². The zero-order chi connectivity index (χ0) is 26.9. The largest absolute Gasteiger partial charge is 0.477 e. The van der Waals surface area contributed by atoms with Gasteiger partial charge in [-0.1, -0.05) is 25.3 Å². The van der Waals surface area contributed by atoms with Crippen molar-refractivity contribution in [3.63, 3.8) is 0 Å². The van der Waals surface area contributed by atoms with E-state index in [0.29, 0.717) is 61.0 Å². The van der Waals surface area contributed by atoms with Gasteiger partial charge in [0.25, 0.3) is 5.91 Å². The lowest BCUT2D eigenvalue weighted by molar-refractivity contribution is -0.128. The Bertz CT molecular complexity index is 1050. The minimum absolute atomic E-state index is 0. The molecule has 0 atom stereocenters. The number of allylic oxidation sites excluding steroid dienone is 1. The molecule has 1 aromatic rings. The van der Waals surface area contributed by atoms with Crippen LogP contribution in [0.5, 0.6) is 5.88 Å². The Morgan fingerprint density at radius 2 is 1.68 bits per heavy atom. The van der Waals surface area contributed by atoms with Gasteiger partial charge in [-0.05, 0) is 94.3 Å². The van der Waals surface area contributed by atoms with E-state index in [1.54, 1.807) is 10.9 Å². The van der Waals surface area contributed by atoms with Gasteiger partial charge in [0.05, 0.1) is 19.3 Å². The van der Waals surface area contributed by atoms with E-state index in [0.717, 1.165) is 24.7 Å². The standard InChI is InChI=1S/C31H47N5O3.ClH/c1-20(30(38)35-10-8-26(32)9-11-35)7-12-36-31(39-19-21-5-3-2-4-6-21)27(18-33-36)29(37)34-28-24-14-22-13-23(16-24)17-25(28)15-22;/h7,18,21-26,28H,2-6,8-17,19,32H2,1H3,(H,34,37);1H/b20-7+;. The molecule has 0 aromatic carbocycles. The second-order valence-electron chi connectivity index (χ2n) is 13.3. The molecular weight excluding hydrogens is 526 g/mol. The lowest BCUT2D eigenvalue weighted by Crippen LogP contribution is -2.55. The van der Waals surface area contributed by atoms with Crippen molar-refractivity contribution in [2.75, 3.05) is 19.7 Å². The van der Waals surface area contributed by atoms with Crippen molar-refractivity contribution in [1.29, 1.82) is 0 Å². The number of nitrogens with two attached hydrogens (primary N) is 1. The van der Waals surface area contributed by atoms with Gasteiger partial charge >= 0.3 is 0 Å². The van der Waals surface area contributed by atoms with Crippen LogP contribution in [0.25, 0.3) is 0 Å². The first-order valence-electron chi connectivity index (χ1n) is 15.7. The van der Waals surface area contributed by atoms with Crippen LogP contribution >= 0.6 is 12.4 Å². The normalized spacial score (nSPS) is 30.7. The number of carbonyl (C=O) groups excluding carboxylic acids is 2. The first-order valence-corrected chi connectivity index (χ1v) is 15.7. The van der Waals surface area contributed by atoms with E-state index in [9.17, 15) is 9.59 Å². The van der Waals surface area contributed by atoms with Crippen molar-refractivity contribution in [3.05, 3.63) is 23.4 Å². The molecule has 6 fully saturated rings. The maximum atomic E-state index is 13.7. The highest BCUT2D eigenvalue weighted by molar-refractivity contribution is 5.96. The topological polar surface area (TPSA) is 102 Å². The number of nitrogens with zero attached hydrogens (tertiary/aromatic N) is 3. The summed E-state index contributed by atoms with van der Waals surface area (Å²) in [5.41, 5.74) is 7.24. The summed E-state index contributed by atoms with van der Waals surface area (Å²) in [5, 5.41) is 8.02. The third-order valence-electron chi connectivity index (χ3n) is 10.5. The van der Waals surface area contributed by atoms with Gasteiger partial charge in [0.15, 0.2) is 0 Å². The van der Waals surface area contributed by atoms with E-state index >= 15 is 0 Å². The van der Waals surface area contributed by atoms with Gasteiger partial charge in [-0.3, -0.25) is 9.59 Å². The SMILES string of the molecule is C/C(=C\Cn1ncc(C(=O)NC2C3CC4CC(C3)CC2C4)c1OCC1CCCCC1)C(=O)N1CCC(N)CC1.Cl. The lowest BCUT2D eigenvalue weighted by atomic mass is 9.54. The smallest absolute Gasteiger partial charge is 0.258 e. The van der Waals surface area contributed by atoms with Crippen LogP contribution in [0.1, 0.15) is 94.3 Å². The Hall–Kier alpha value is -2.06. The van der Waals surface area contributed by atoms with Gasteiger partial charge < -0.3 is 20.7 Å². The van der Waals surface area contributed by atoms with E-state index in [2.05, 4.69) is 10.4 Å². The zero-order valence-electron chi connectivity index (χ0n) is 24.1. The number of piperidine rings is 1. The average molecular weight is 574 g/mol. The number of hydrogen-bond donors (Lipinski definition) is 2. The fraction of sp³-hybridized carbons (Fsp3) is 0.774. The number of nitrogens with one attached hydrogen (secondary N) is 1. The van der Waals surface area contributed by atoms with Crippen LogP contribution in [-0.2, 0) is 11.3 Å². The van der Waals surface area contributed by atoms with E-state index < -0.39 is 0 Å². The third-order valence-corrected chi connectivity index (χ3v) is 10.5. The summed E-state index contributed by atoms with van der Waals surface area (Å²) in [5.74, 6) is 4.04. The van der Waals surface area contributed by atoms with E-state index in [-0.39, 0.29) is 36.3 Å². The molecule has 1 aromatic heterocycles. The predicted molar refractivity (Wildman–Crippen MR) is 157 cm³/mol. The molecule has 0 unspecified atom stereocenters. The van der Waals surface area contributed by atoms with Crippen molar-refractivity contribution in [2.24, 2.45) is 35.3 Å². The maximum Gasteiger partial charge on any atom is 0.258 e. The molecule has 5 aliphatic carbocycles. The zero-order valence-corrected chi connectivity index (χ0v) is 24.9. The Morgan fingerprint density at radius 3 is 2.33 bits per heavy atom. The lowest BCUT2D eigenvalue weighted by Gasteiger charge is -2.54. The predicted octanol–water partition coefficient (Wildman–Crippen LogP) is 4.71. The molecule has 2 amide bonds. The first-order chi connectivity index (χ1) is 18.9.